The van der Waals surface area contributed by atoms with Crippen molar-refractivity contribution in [3.05, 3.63) is 158 Å². The lowest BCUT2D eigenvalue weighted by molar-refractivity contribution is -0.132. The maximum Gasteiger partial charge on any atom is 0.227 e. The molecule has 0 spiro atoms. The highest BCUT2D eigenvalue weighted by Crippen LogP contribution is 2.38. The van der Waals surface area contributed by atoms with Crippen LogP contribution in [-0.2, 0) is 11.2 Å². The summed E-state index contributed by atoms with van der Waals surface area (Å²) < 4.78 is 0. The Morgan fingerprint density at radius 2 is 1.17 bits per heavy atom. The molecular weight excluding hydrogens is 701 g/mol. The number of halogens is 2. The Hall–Kier alpha value is -4.70. The number of rotatable bonds is 4. The average molecular weight is 743 g/mol. The van der Waals surface area contributed by atoms with Crippen molar-refractivity contribution in [1.29, 1.82) is 0 Å². The average Bonchev–Trinajstić information content (AvgIpc) is 3.46. The normalized spacial score (nSPS) is 19.4. The van der Waals surface area contributed by atoms with Gasteiger partial charge in [0.25, 0.3) is 0 Å². The van der Waals surface area contributed by atoms with Crippen molar-refractivity contribution in [1.82, 2.24) is 35.0 Å². The molecule has 1 amide bonds. The minimum absolute atomic E-state index is 0.0362. The van der Waals surface area contributed by atoms with E-state index in [1.165, 1.54) is 22.3 Å². The van der Waals surface area contributed by atoms with Crippen LogP contribution < -0.4 is 5.32 Å². The molecule has 9 rings (SSSR count). The lowest BCUT2D eigenvalue weighted by Crippen LogP contribution is -2.50. The molecule has 10 heteroatoms. The number of aromatic nitrogens is 3. The maximum absolute atomic E-state index is 12.8. The van der Waals surface area contributed by atoms with Gasteiger partial charge >= 0.3 is 0 Å². The quantitative estimate of drug-likeness (QED) is 0.207. The number of amides is 1. The summed E-state index contributed by atoms with van der Waals surface area (Å²) in [6, 6.07) is 24.5. The van der Waals surface area contributed by atoms with Crippen molar-refractivity contribution in [2.75, 3.05) is 52.4 Å². The van der Waals surface area contributed by atoms with Crippen LogP contribution >= 0.6 is 23.2 Å². The summed E-state index contributed by atoms with van der Waals surface area (Å²) in [4.78, 5) is 33.3. The van der Waals surface area contributed by atoms with Crippen molar-refractivity contribution in [3.63, 3.8) is 0 Å². The summed E-state index contributed by atoms with van der Waals surface area (Å²) in [5.41, 5.74) is 10.3. The number of benzene rings is 2. The molecule has 8 nitrogen and oxygen atoms in total. The number of fused-ring (bicyclic) bond motifs is 4. The van der Waals surface area contributed by atoms with Gasteiger partial charge in [-0.05, 0) is 81.4 Å². The van der Waals surface area contributed by atoms with Crippen LogP contribution in [0, 0.1) is 0 Å². The molecule has 2 atom stereocenters. The van der Waals surface area contributed by atoms with Crippen LogP contribution in [-0.4, -0.2) is 87.9 Å². The van der Waals surface area contributed by atoms with E-state index in [4.69, 9.17) is 33.2 Å². The summed E-state index contributed by atoms with van der Waals surface area (Å²) in [6.07, 6.45) is 16.2. The van der Waals surface area contributed by atoms with Gasteiger partial charge < -0.3 is 10.2 Å². The Kier molecular flexibility index (Phi) is 10.8. The highest BCUT2D eigenvalue weighted by Gasteiger charge is 2.33. The molecule has 4 aliphatic rings. The van der Waals surface area contributed by atoms with E-state index in [-0.39, 0.29) is 18.0 Å². The number of hydrogen-bond donors (Lipinski definition) is 1. The molecule has 2 aliphatic heterocycles. The number of pyridine rings is 3. The third-order valence-electron chi connectivity index (χ3n) is 10.5. The summed E-state index contributed by atoms with van der Waals surface area (Å²) in [7, 11) is 0. The van der Waals surface area contributed by atoms with Gasteiger partial charge in [-0.25, -0.2) is 0 Å². The largest absolute Gasteiger partial charge is 0.340 e. The summed E-state index contributed by atoms with van der Waals surface area (Å²) in [5, 5.41) is 4.94. The van der Waals surface area contributed by atoms with Gasteiger partial charge in [-0.15, -0.1) is 0 Å². The van der Waals surface area contributed by atoms with Crippen LogP contribution in [0.25, 0.3) is 24.3 Å². The Bertz CT molecular complexity index is 2140. The Labute approximate surface area is 320 Å². The lowest BCUT2D eigenvalue weighted by Gasteiger charge is -2.39. The first-order valence-electron chi connectivity index (χ1n) is 18.2. The number of nitrogens with one attached hydrogen (secondary N) is 1. The van der Waals surface area contributed by atoms with Crippen LogP contribution in [0.1, 0.15) is 62.4 Å². The van der Waals surface area contributed by atoms with Gasteiger partial charge in [0.15, 0.2) is 0 Å². The van der Waals surface area contributed by atoms with Crippen LogP contribution in [0.15, 0.2) is 97.6 Å². The van der Waals surface area contributed by atoms with Crippen LogP contribution in [0.4, 0.5) is 0 Å². The first-order valence-corrected chi connectivity index (χ1v) is 19.0. The standard InChI is InChI=1S/C25H23ClN4O.C18H18ClN3/c26-21-7-8-22-20(16-21)6-5-19-4-2-10-28-24(19)25(22)30-13-11-29(12-14-30)23(31)15-18-3-1-9-27-17-18;19-15-5-6-16-14(12-15)4-3-13-2-1-7-21-17(13)18(16)22-10-8-20-9-11-22/h1-10,16-17,25H,11-15H2;1-7,12,18,20H,8-11H2. The summed E-state index contributed by atoms with van der Waals surface area (Å²) in [6.45, 7) is 7.10. The van der Waals surface area contributed by atoms with Gasteiger partial charge in [0.1, 0.15) is 0 Å². The van der Waals surface area contributed by atoms with Gasteiger partial charge in [-0.2, -0.15) is 0 Å². The van der Waals surface area contributed by atoms with E-state index in [2.05, 4.69) is 74.7 Å². The Balaban J connectivity index is 0.000000160. The second kappa shape index (κ2) is 16.1. The SMILES string of the molecule is Clc1ccc2c(c1)C=Cc1cccnc1C2N1CCNCC1.O=C(Cc1cccnc1)N1CCN(C2c3ccc(Cl)cc3C=Cc3cccnc32)CC1. The van der Waals surface area contributed by atoms with Crippen LogP contribution in [0.3, 0.4) is 0 Å². The molecule has 0 bridgehead atoms. The minimum Gasteiger partial charge on any atom is -0.340 e. The predicted molar refractivity (Wildman–Crippen MR) is 213 cm³/mol. The molecule has 0 saturated carbocycles. The molecule has 2 saturated heterocycles. The van der Waals surface area contributed by atoms with Gasteiger partial charge in [-0.1, -0.05) is 77.8 Å². The fourth-order valence-electron chi connectivity index (χ4n) is 7.83. The molecule has 2 unspecified atom stereocenters. The van der Waals surface area contributed by atoms with E-state index in [1.54, 1.807) is 12.4 Å². The number of piperazine rings is 2. The van der Waals surface area contributed by atoms with Crippen molar-refractivity contribution >= 4 is 53.4 Å². The Morgan fingerprint density at radius 1 is 0.642 bits per heavy atom. The molecule has 5 heterocycles. The molecule has 2 aliphatic carbocycles. The highest BCUT2D eigenvalue weighted by molar-refractivity contribution is 6.31. The van der Waals surface area contributed by atoms with E-state index >= 15 is 0 Å². The smallest absolute Gasteiger partial charge is 0.227 e. The van der Waals surface area contributed by atoms with E-state index in [0.717, 1.165) is 77.4 Å². The number of nitrogens with zero attached hydrogens (tertiary/aromatic N) is 6. The molecule has 2 fully saturated rings. The zero-order chi connectivity index (χ0) is 36.1. The van der Waals surface area contributed by atoms with Gasteiger partial charge in [0.2, 0.25) is 5.91 Å². The van der Waals surface area contributed by atoms with Crippen molar-refractivity contribution in [2.45, 2.75) is 18.5 Å². The van der Waals surface area contributed by atoms with E-state index in [0.29, 0.717) is 19.5 Å². The van der Waals surface area contributed by atoms with Crippen molar-refractivity contribution in [2.24, 2.45) is 0 Å². The predicted octanol–water partition coefficient (Wildman–Crippen LogP) is 7.30. The fraction of sp³-hybridized carbons (Fsp3) is 0.256. The zero-order valence-corrected chi connectivity index (χ0v) is 30.9. The van der Waals surface area contributed by atoms with Crippen molar-refractivity contribution < 1.29 is 4.79 Å². The van der Waals surface area contributed by atoms with Crippen molar-refractivity contribution in [3.8, 4) is 0 Å². The van der Waals surface area contributed by atoms with E-state index in [9.17, 15) is 4.79 Å². The van der Waals surface area contributed by atoms with Gasteiger partial charge in [0.05, 0.1) is 29.9 Å². The first kappa shape index (κ1) is 35.3. The monoisotopic (exact) mass is 741 g/mol. The molecular formula is C43H41Cl2N7O. The highest BCUT2D eigenvalue weighted by atomic mass is 35.5. The molecule has 53 heavy (non-hydrogen) atoms. The number of carbonyl (C=O) groups is 1. The molecule has 0 radical (unpaired) electrons. The van der Waals surface area contributed by atoms with Crippen LogP contribution in [0.2, 0.25) is 10.0 Å². The molecule has 1 N–H and O–H groups in total. The summed E-state index contributed by atoms with van der Waals surface area (Å²) >= 11 is 12.5. The minimum atomic E-state index is 0.0362. The number of hydrogen-bond acceptors (Lipinski definition) is 7. The second-order valence-electron chi connectivity index (χ2n) is 13.7. The topological polar surface area (TPSA) is 77.5 Å². The third kappa shape index (κ3) is 7.84. The number of carbonyl (C=O) groups excluding carboxylic acids is 1. The van der Waals surface area contributed by atoms with E-state index < -0.39 is 0 Å². The third-order valence-corrected chi connectivity index (χ3v) is 10.9. The Morgan fingerprint density at radius 3 is 1.72 bits per heavy atom. The maximum atomic E-state index is 12.8. The second-order valence-corrected chi connectivity index (χ2v) is 14.6. The zero-order valence-electron chi connectivity index (χ0n) is 29.4. The van der Waals surface area contributed by atoms with Crippen LogP contribution in [0.5, 0.6) is 0 Å². The van der Waals surface area contributed by atoms with Gasteiger partial charge in [0, 0.05) is 87.2 Å². The summed E-state index contributed by atoms with van der Waals surface area (Å²) in [5.74, 6) is 0.154. The molecule has 5 aromatic rings. The molecule has 3 aromatic heterocycles. The lowest BCUT2D eigenvalue weighted by atomic mass is 9.96. The molecule has 2 aromatic carbocycles. The van der Waals surface area contributed by atoms with Gasteiger partial charge in [-0.3, -0.25) is 29.5 Å². The molecule has 268 valence electrons. The first-order chi connectivity index (χ1) is 26.0. The fourth-order valence-corrected chi connectivity index (χ4v) is 8.19. The van der Waals surface area contributed by atoms with E-state index in [1.807, 2.05) is 59.8 Å².